The molecular formula is C20H28BrNO5. The lowest BCUT2D eigenvalue weighted by atomic mass is 9.81. The van der Waals surface area contributed by atoms with Crippen LogP contribution in [0.5, 0.6) is 17.2 Å². The summed E-state index contributed by atoms with van der Waals surface area (Å²) < 4.78 is 23.7. The van der Waals surface area contributed by atoms with Crippen LogP contribution in [0.1, 0.15) is 48.5 Å². The van der Waals surface area contributed by atoms with Crippen LogP contribution >= 0.6 is 15.9 Å². The van der Waals surface area contributed by atoms with Gasteiger partial charge in [-0.05, 0) is 62.6 Å². The first kappa shape index (κ1) is 20.3. The van der Waals surface area contributed by atoms with Crippen molar-refractivity contribution in [3.8, 4) is 17.2 Å². The third kappa shape index (κ3) is 3.40. The predicted molar refractivity (Wildman–Crippen MR) is 106 cm³/mol. The quantitative estimate of drug-likeness (QED) is 0.653. The second kappa shape index (κ2) is 7.51. The van der Waals surface area contributed by atoms with Gasteiger partial charge in [-0.2, -0.15) is 0 Å². The van der Waals surface area contributed by atoms with E-state index in [2.05, 4.69) is 34.9 Å². The highest BCUT2D eigenvalue weighted by atomic mass is 79.9. The smallest absolute Gasteiger partial charge is 0.339 e. The van der Waals surface area contributed by atoms with E-state index in [9.17, 15) is 4.79 Å². The number of rotatable bonds is 4. The molecule has 1 saturated carbocycles. The van der Waals surface area contributed by atoms with E-state index < -0.39 is 11.8 Å². The Kier molecular flexibility index (Phi) is 5.64. The molecule has 1 aromatic rings. The maximum absolute atomic E-state index is 12.3. The molecule has 0 saturated heterocycles. The Morgan fingerprint density at radius 3 is 2.26 bits per heavy atom. The van der Waals surface area contributed by atoms with Crippen molar-refractivity contribution < 1.29 is 23.7 Å². The number of benzene rings is 1. The summed E-state index contributed by atoms with van der Waals surface area (Å²) in [5.41, 5.74) is 1.09. The number of hydrogen-bond donors (Lipinski definition) is 0. The molecule has 0 amide bonds. The minimum absolute atomic E-state index is 0.269. The maximum Gasteiger partial charge on any atom is 0.339 e. The van der Waals surface area contributed by atoms with E-state index in [1.165, 1.54) is 7.11 Å². The van der Waals surface area contributed by atoms with Gasteiger partial charge in [0.15, 0.2) is 11.5 Å². The fourth-order valence-corrected chi connectivity index (χ4v) is 5.02. The summed E-state index contributed by atoms with van der Waals surface area (Å²) in [5.74, 6) is 0.627. The van der Waals surface area contributed by atoms with Crippen LogP contribution in [0.25, 0.3) is 0 Å². The molecule has 1 aliphatic carbocycles. The maximum atomic E-state index is 12.3. The molecule has 0 N–H and O–H groups in total. The van der Waals surface area contributed by atoms with E-state index in [4.69, 9.17) is 18.9 Å². The lowest BCUT2D eigenvalue weighted by Crippen LogP contribution is -2.46. The van der Waals surface area contributed by atoms with Crippen molar-refractivity contribution in [2.75, 3.05) is 28.3 Å². The van der Waals surface area contributed by atoms with Gasteiger partial charge in [0, 0.05) is 24.4 Å². The van der Waals surface area contributed by atoms with Crippen LogP contribution in [0.2, 0.25) is 0 Å². The first-order valence-electron chi connectivity index (χ1n) is 9.26. The van der Waals surface area contributed by atoms with Gasteiger partial charge in [-0.25, -0.2) is 4.79 Å². The zero-order valence-electron chi connectivity index (χ0n) is 16.8. The standard InChI is InChI=1S/C20H28BrNO5/c1-11-14(19(23)25-6)15(21)17(24-5)18-16(11)26-20(2,27-18)12-7-9-13(10-8-12)22(3)4/h12-13H,7-10H2,1-6H3/t12-,13-,20?. The molecule has 3 rings (SSSR count). The summed E-state index contributed by atoms with van der Waals surface area (Å²) in [4.78, 5) is 14.6. The fraction of sp³-hybridized carbons (Fsp3) is 0.650. The second-order valence-electron chi connectivity index (χ2n) is 7.69. The highest BCUT2D eigenvalue weighted by Gasteiger charge is 2.48. The number of nitrogens with zero attached hydrogens (tertiary/aromatic N) is 1. The number of halogens is 1. The Balaban J connectivity index is 1.94. The average Bonchev–Trinajstić information content (AvgIpc) is 3.01. The van der Waals surface area contributed by atoms with Gasteiger partial charge in [0.05, 0.1) is 24.3 Å². The minimum atomic E-state index is -0.772. The van der Waals surface area contributed by atoms with Crippen molar-refractivity contribution in [2.45, 2.75) is 51.4 Å². The molecule has 0 bridgehead atoms. The number of esters is 1. The Morgan fingerprint density at radius 2 is 1.74 bits per heavy atom. The molecule has 1 atom stereocenters. The third-order valence-electron chi connectivity index (χ3n) is 5.92. The number of carbonyl (C=O) groups excluding carboxylic acids is 1. The van der Waals surface area contributed by atoms with Crippen LogP contribution in [-0.4, -0.2) is 51.0 Å². The molecule has 1 fully saturated rings. The summed E-state index contributed by atoms with van der Waals surface area (Å²) in [7, 11) is 7.17. The normalized spacial score (nSPS) is 27.0. The summed E-state index contributed by atoms with van der Waals surface area (Å²) >= 11 is 3.48. The summed E-state index contributed by atoms with van der Waals surface area (Å²) in [5, 5.41) is 0. The van der Waals surface area contributed by atoms with Crippen LogP contribution in [0.3, 0.4) is 0 Å². The number of methoxy groups -OCH3 is 2. The van der Waals surface area contributed by atoms with Crippen LogP contribution in [0, 0.1) is 12.8 Å². The molecular weight excluding hydrogens is 414 g/mol. The lowest BCUT2D eigenvalue weighted by Gasteiger charge is -2.39. The predicted octanol–water partition coefficient (Wildman–Crippen LogP) is 4.16. The number of fused-ring (bicyclic) bond motifs is 1. The van der Waals surface area contributed by atoms with Gasteiger partial charge >= 0.3 is 5.97 Å². The van der Waals surface area contributed by atoms with E-state index in [-0.39, 0.29) is 5.92 Å². The molecule has 0 aromatic heterocycles. The van der Waals surface area contributed by atoms with Crippen LogP contribution < -0.4 is 14.2 Å². The fourth-order valence-electron chi connectivity index (χ4n) is 4.22. The molecule has 1 aromatic carbocycles. The van der Waals surface area contributed by atoms with Gasteiger partial charge in [-0.15, -0.1) is 0 Å². The van der Waals surface area contributed by atoms with Gasteiger partial charge in [0.1, 0.15) is 0 Å². The monoisotopic (exact) mass is 441 g/mol. The molecule has 27 heavy (non-hydrogen) atoms. The Bertz CT molecular complexity index is 743. The Hall–Kier alpha value is -1.47. The molecule has 7 heteroatoms. The molecule has 0 spiro atoms. The topological polar surface area (TPSA) is 57.2 Å². The first-order valence-corrected chi connectivity index (χ1v) is 10.1. The Morgan fingerprint density at radius 1 is 1.15 bits per heavy atom. The number of carbonyl (C=O) groups is 1. The molecule has 150 valence electrons. The zero-order valence-corrected chi connectivity index (χ0v) is 18.4. The highest BCUT2D eigenvalue weighted by Crippen LogP contribution is 2.55. The highest BCUT2D eigenvalue weighted by molar-refractivity contribution is 9.10. The molecule has 2 aliphatic rings. The molecule has 1 unspecified atom stereocenters. The van der Waals surface area contributed by atoms with E-state index in [1.807, 2.05) is 13.8 Å². The van der Waals surface area contributed by atoms with Gasteiger partial charge in [0.25, 0.3) is 5.79 Å². The van der Waals surface area contributed by atoms with Crippen molar-refractivity contribution in [3.05, 3.63) is 15.6 Å². The van der Waals surface area contributed by atoms with Crippen molar-refractivity contribution in [3.63, 3.8) is 0 Å². The van der Waals surface area contributed by atoms with Crippen molar-refractivity contribution >= 4 is 21.9 Å². The minimum Gasteiger partial charge on any atom is -0.492 e. The third-order valence-corrected chi connectivity index (χ3v) is 6.68. The van der Waals surface area contributed by atoms with E-state index in [0.717, 1.165) is 25.7 Å². The summed E-state index contributed by atoms with van der Waals surface area (Å²) in [6.45, 7) is 3.82. The summed E-state index contributed by atoms with van der Waals surface area (Å²) in [6, 6.07) is 0.602. The van der Waals surface area contributed by atoms with E-state index in [0.29, 0.717) is 38.9 Å². The SMILES string of the molecule is COC(=O)c1c(C)c2c(c(OC)c1Br)OC(C)([C@H]1CC[C@H](N(C)C)CC1)O2. The van der Waals surface area contributed by atoms with Gasteiger partial charge in [-0.3, -0.25) is 0 Å². The van der Waals surface area contributed by atoms with Crippen LogP contribution in [0.15, 0.2) is 4.47 Å². The number of hydrogen-bond acceptors (Lipinski definition) is 6. The van der Waals surface area contributed by atoms with Crippen LogP contribution in [-0.2, 0) is 4.74 Å². The molecule has 6 nitrogen and oxygen atoms in total. The van der Waals surface area contributed by atoms with Crippen molar-refractivity contribution in [1.82, 2.24) is 4.90 Å². The molecule has 1 aliphatic heterocycles. The van der Waals surface area contributed by atoms with E-state index >= 15 is 0 Å². The van der Waals surface area contributed by atoms with E-state index in [1.54, 1.807) is 7.11 Å². The zero-order chi connectivity index (χ0) is 19.9. The van der Waals surface area contributed by atoms with Crippen molar-refractivity contribution in [2.24, 2.45) is 5.92 Å². The first-order chi connectivity index (χ1) is 12.7. The second-order valence-corrected chi connectivity index (χ2v) is 8.48. The average molecular weight is 442 g/mol. The van der Waals surface area contributed by atoms with Gasteiger partial charge < -0.3 is 23.8 Å². The largest absolute Gasteiger partial charge is 0.492 e. The number of ether oxygens (including phenoxy) is 4. The lowest BCUT2D eigenvalue weighted by molar-refractivity contribution is -0.123. The molecule has 0 radical (unpaired) electrons. The van der Waals surface area contributed by atoms with Gasteiger partial charge in [-0.1, -0.05) is 0 Å². The molecule has 1 heterocycles. The summed E-state index contributed by atoms with van der Waals surface area (Å²) in [6.07, 6.45) is 4.28. The van der Waals surface area contributed by atoms with Crippen LogP contribution in [0.4, 0.5) is 0 Å². The Labute approximate surface area is 169 Å². The van der Waals surface area contributed by atoms with Gasteiger partial charge in [0.2, 0.25) is 5.75 Å². The van der Waals surface area contributed by atoms with Crippen molar-refractivity contribution in [1.29, 1.82) is 0 Å².